The van der Waals surface area contributed by atoms with E-state index in [1.807, 2.05) is 19.1 Å². The van der Waals surface area contributed by atoms with Crippen molar-refractivity contribution in [2.75, 3.05) is 7.05 Å². The van der Waals surface area contributed by atoms with Gasteiger partial charge in [0.15, 0.2) is 0 Å². The Bertz CT molecular complexity index is 489. The van der Waals surface area contributed by atoms with Crippen molar-refractivity contribution in [3.63, 3.8) is 0 Å². The van der Waals surface area contributed by atoms with E-state index in [9.17, 15) is 4.79 Å². The van der Waals surface area contributed by atoms with Crippen LogP contribution >= 0.6 is 0 Å². The summed E-state index contributed by atoms with van der Waals surface area (Å²) in [5.74, 6) is -0.0348. The van der Waals surface area contributed by atoms with Crippen LogP contribution in [0.2, 0.25) is 0 Å². The van der Waals surface area contributed by atoms with E-state index in [1.165, 1.54) is 7.05 Å². The molecule has 4 nitrogen and oxygen atoms in total. The minimum atomic E-state index is -0.396. The molecule has 1 heterocycles. The first-order chi connectivity index (χ1) is 11.0. The molecular formula is C19H33N3O. The monoisotopic (exact) mass is 319 g/mol. The van der Waals surface area contributed by atoms with Gasteiger partial charge in [0.05, 0.1) is 0 Å². The van der Waals surface area contributed by atoms with Crippen LogP contribution in [0.1, 0.15) is 59.8 Å². The Kier molecular flexibility index (Phi) is 10.1. The molecule has 1 rings (SSSR count). The smallest absolute Gasteiger partial charge is 0.271 e. The van der Waals surface area contributed by atoms with Gasteiger partial charge in [-0.05, 0) is 45.2 Å². The lowest BCUT2D eigenvalue weighted by Gasteiger charge is -2.24. The highest BCUT2D eigenvalue weighted by Gasteiger charge is 2.37. The van der Waals surface area contributed by atoms with Crippen LogP contribution in [0.4, 0.5) is 0 Å². The minimum absolute atomic E-state index is 0.0348. The second-order valence-corrected chi connectivity index (χ2v) is 5.57. The van der Waals surface area contributed by atoms with Crippen molar-refractivity contribution in [1.82, 2.24) is 5.32 Å². The zero-order valence-corrected chi connectivity index (χ0v) is 15.4. The first kappa shape index (κ1) is 21.3. The Balaban J connectivity index is 0.00000232. The molecule has 0 saturated carbocycles. The molecule has 0 fully saturated rings. The van der Waals surface area contributed by atoms with Gasteiger partial charge in [-0.2, -0.15) is 0 Å². The molecule has 0 spiro atoms. The van der Waals surface area contributed by atoms with E-state index in [4.69, 9.17) is 4.99 Å². The Morgan fingerprint density at radius 2 is 2.00 bits per heavy atom. The Hall–Kier alpha value is -1.68. The van der Waals surface area contributed by atoms with Gasteiger partial charge in [-0.3, -0.25) is 9.79 Å². The predicted octanol–water partition coefficient (Wildman–Crippen LogP) is 3.90. The third-order valence-corrected chi connectivity index (χ3v) is 3.88. The molecular weight excluding hydrogens is 286 g/mol. The fourth-order valence-corrected chi connectivity index (χ4v) is 2.56. The van der Waals surface area contributed by atoms with Crippen molar-refractivity contribution in [2.45, 2.75) is 65.5 Å². The molecule has 0 aromatic carbocycles. The van der Waals surface area contributed by atoms with Crippen LogP contribution in [0.15, 0.2) is 40.9 Å². The Morgan fingerprint density at radius 3 is 2.48 bits per heavy atom. The number of nitrogens with two attached hydrogens (primary N) is 1. The number of carbonyl (C=O) groups is 1. The van der Waals surface area contributed by atoms with Crippen LogP contribution in [0, 0.1) is 0 Å². The summed E-state index contributed by atoms with van der Waals surface area (Å²) in [5, 5.41) is 3.10. The minimum Gasteiger partial charge on any atom is -0.333 e. The van der Waals surface area contributed by atoms with Crippen molar-refractivity contribution < 1.29 is 4.79 Å². The zero-order chi connectivity index (χ0) is 17.9. The van der Waals surface area contributed by atoms with Crippen LogP contribution in [-0.2, 0) is 4.79 Å². The maximum absolute atomic E-state index is 12.3. The SMILES string of the molecule is C=C/C=C(C)\C=C(/CC)C1=NC(CC)(CCCC)NC1=O.CN. The molecule has 0 radical (unpaired) electrons. The third-order valence-electron chi connectivity index (χ3n) is 3.88. The summed E-state index contributed by atoms with van der Waals surface area (Å²) in [4.78, 5) is 17.1. The van der Waals surface area contributed by atoms with Crippen LogP contribution < -0.4 is 11.1 Å². The largest absolute Gasteiger partial charge is 0.333 e. The van der Waals surface area contributed by atoms with Crippen LogP contribution in [-0.4, -0.2) is 24.3 Å². The summed E-state index contributed by atoms with van der Waals surface area (Å²) in [6.45, 7) is 12.0. The van der Waals surface area contributed by atoms with E-state index in [0.717, 1.165) is 43.3 Å². The topological polar surface area (TPSA) is 67.5 Å². The summed E-state index contributed by atoms with van der Waals surface area (Å²) in [5.41, 5.74) is 6.79. The van der Waals surface area contributed by atoms with E-state index in [-0.39, 0.29) is 5.91 Å². The average Bonchev–Trinajstić information content (AvgIpc) is 2.90. The van der Waals surface area contributed by atoms with Gasteiger partial charge < -0.3 is 11.1 Å². The second kappa shape index (κ2) is 10.9. The highest BCUT2D eigenvalue weighted by atomic mass is 16.2. The number of hydrogen-bond donors (Lipinski definition) is 2. The molecule has 1 atom stereocenters. The molecule has 0 aliphatic carbocycles. The fraction of sp³-hybridized carbons (Fsp3) is 0.579. The number of allylic oxidation sites excluding steroid dienone is 4. The van der Waals surface area contributed by atoms with E-state index >= 15 is 0 Å². The van der Waals surface area contributed by atoms with Gasteiger partial charge in [0.1, 0.15) is 11.4 Å². The van der Waals surface area contributed by atoms with Gasteiger partial charge in [0, 0.05) is 0 Å². The van der Waals surface area contributed by atoms with Gasteiger partial charge in [0.2, 0.25) is 0 Å². The number of amides is 1. The van der Waals surface area contributed by atoms with Crippen molar-refractivity contribution in [2.24, 2.45) is 10.7 Å². The summed E-state index contributed by atoms with van der Waals surface area (Å²) in [6, 6.07) is 0. The molecule has 1 amide bonds. The van der Waals surface area contributed by atoms with Gasteiger partial charge in [-0.15, -0.1) is 0 Å². The lowest BCUT2D eigenvalue weighted by Crippen LogP contribution is -2.42. The molecule has 3 N–H and O–H groups in total. The standard InChI is InChI=1S/C18H28N2O.CH5N/c1-6-10-12-18(9-4)19-16(17(21)20-18)15(8-3)13-14(5)11-7-2;1-2/h7,11,13H,2,6,8-10,12H2,1,3-5H3,(H,20,21);2H2,1H3/b14-11-,15-13+;. The zero-order valence-electron chi connectivity index (χ0n) is 15.4. The Labute approximate surface area is 141 Å². The molecule has 0 aromatic rings. The molecule has 4 heteroatoms. The number of unbranched alkanes of at least 4 members (excludes halogenated alkanes) is 1. The van der Waals surface area contributed by atoms with Crippen molar-refractivity contribution in [1.29, 1.82) is 0 Å². The van der Waals surface area contributed by atoms with Crippen LogP contribution in [0.5, 0.6) is 0 Å². The number of nitrogens with one attached hydrogen (secondary N) is 1. The highest BCUT2D eigenvalue weighted by molar-refractivity contribution is 6.46. The molecule has 1 aliphatic heterocycles. The maximum atomic E-state index is 12.3. The average molecular weight is 319 g/mol. The first-order valence-electron chi connectivity index (χ1n) is 8.52. The van der Waals surface area contributed by atoms with Crippen molar-refractivity contribution in [3.8, 4) is 0 Å². The van der Waals surface area contributed by atoms with E-state index in [0.29, 0.717) is 5.71 Å². The molecule has 0 bridgehead atoms. The number of hydrogen-bond acceptors (Lipinski definition) is 3. The van der Waals surface area contributed by atoms with Crippen molar-refractivity contribution >= 4 is 11.6 Å². The third kappa shape index (κ3) is 6.14. The lowest BCUT2D eigenvalue weighted by atomic mass is 10.0. The molecule has 1 unspecified atom stereocenters. The number of rotatable bonds is 8. The highest BCUT2D eigenvalue weighted by Crippen LogP contribution is 2.27. The molecule has 0 saturated heterocycles. The van der Waals surface area contributed by atoms with Gasteiger partial charge in [-0.25, -0.2) is 0 Å². The van der Waals surface area contributed by atoms with Gasteiger partial charge >= 0.3 is 0 Å². The molecule has 23 heavy (non-hydrogen) atoms. The van der Waals surface area contributed by atoms with E-state index in [1.54, 1.807) is 6.08 Å². The summed E-state index contributed by atoms with van der Waals surface area (Å²) in [6.07, 6.45) is 10.5. The number of carbonyl (C=O) groups excluding carboxylic acids is 1. The second-order valence-electron chi connectivity index (χ2n) is 5.57. The number of aliphatic imine (C=N–C) groups is 1. The normalized spacial score (nSPS) is 21.3. The molecule has 130 valence electrons. The number of nitrogens with zero attached hydrogens (tertiary/aromatic N) is 1. The van der Waals surface area contributed by atoms with Gasteiger partial charge in [-0.1, -0.05) is 57.6 Å². The first-order valence-corrected chi connectivity index (χ1v) is 8.52. The van der Waals surface area contributed by atoms with E-state index in [2.05, 4.69) is 38.4 Å². The molecule has 0 aromatic heterocycles. The van der Waals surface area contributed by atoms with Crippen molar-refractivity contribution in [3.05, 3.63) is 36.0 Å². The quantitative estimate of drug-likeness (QED) is 0.666. The van der Waals surface area contributed by atoms with Crippen LogP contribution in [0.25, 0.3) is 0 Å². The Morgan fingerprint density at radius 1 is 1.35 bits per heavy atom. The van der Waals surface area contributed by atoms with Gasteiger partial charge in [0.25, 0.3) is 5.91 Å². The van der Waals surface area contributed by atoms with Crippen LogP contribution in [0.3, 0.4) is 0 Å². The summed E-state index contributed by atoms with van der Waals surface area (Å²) >= 11 is 0. The summed E-state index contributed by atoms with van der Waals surface area (Å²) < 4.78 is 0. The summed E-state index contributed by atoms with van der Waals surface area (Å²) in [7, 11) is 1.50. The lowest BCUT2D eigenvalue weighted by molar-refractivity contribution is -0.115. The maximum Gasteiger partial charge on any atom is 0.271 e. The fourth-order valence-electron chi connectivity index (χ4n) is 2.56. The van der Waals surface area contributed by atoms with E-state index < -0.39 is 5.66 Å². The predicted molar refractivity (Wildman–Crippen MR) is 101 cm³/mol. The molecule has 1 aliphatic rings.